The first-order valence-electron chi connectivity index (χ1n) is 6.74. The lowest BCUT2D eigenvalue weighted by Gasteiger charge is -2.09. The predicted octanol–water partition coefficient (Wildman–Crippen LogP) is 4.59. The minimum Gasteiger partial charge on any atom is -0.459 e. The van der Waals surface area contributed by atoms with Crippen LogP contribution in [0.4, 0.5) is 0 Å². The number of thioether (sulfide) groups is 1. The van der Waals surface area contributed by atoms with Gasteiger partial charge in [-0.05, 0) is 35.6 Å². The molecule has 3 rings (SSSR count). The normalized spacial score (nSPS) is 12.7. The first-order chi connectivity index (χ1) is 9.78. The van der Waals surface area contributed by atoms with Crippen LogP contribution in [0.25, 0.3) is 11.0 Å². The zero-order valence-corrected chi connectivity index (χ0v) is 12.2. The number of para-hydroxylation sites is 1. The van der Waals surface area contributed by atoms with E-state index in [1.807, 2.05) is 42.1 Å². The van der Waals surface area contributed by atoms with E-state index < -0.39 is 0 Å². The molecule has 0 fully saturated rings. The number of hydrogen-bond acceptors (Lipinski definition) is 3. The Morgan fingerprint density at radius 2 is 1.85 bits per heavy atom. The smallest absolute Gasteiger partial charge is 0.134 e. The van der Waals surface area contributed by atoms with Gasteiger partial charge in [0.1, 0.15) is 11.3 Å². The molecule has 0 bridgehead atoms. The Labute approximate surface area is 123 Å². The van der Waals surface area contributed by atoms with Crippen molar-refractivity contribution < 1.29 is 4.42 Å². The number of nitrogens with two attached hydrogens (primary N) is 1. The average Bonchev–Trinajstić information content (AvgIpc) is 2.91. The van der Waals surface area contributed by atoms with E-state index in [0.717, 1.165) is 28.0 Å². The molecule has 0 spiro atoms. The Morgan fingerprint density at radius 3 is 2.55 bits per heavy atom. The molecule has 0 saturated heterocycles. The maximum atomic E-state index is 6.30. The molecular weight excluding hydrogens is 266 g/mol. The Bertz CT molecular complexity index is 669. The molecule has 3 aromatic rings. The van der Waals surface area contributed by atoms with Crippen LogP contribution in [0, 0.1) is 0 Å². The lowest BCUT2D eigenvalue weighted by atomic mass is 10.1. The van der Waals surface area contributed by atoms with Gasteiger partial charge in [0.15, 0.2) is 0 Å². The topological polar surface area (TPSA) is 39.2 Å². The number of fused-ring (bicyclic) bond motifs is 1. The highest BCUT2D eigenvalue weighted by molar-refractivity contribution is 7.99. The Morgan fingerprint density at radius 1 is 1.10 bits per heavy atom. The van der Waals surface area contributed by atoms with E-state index in [1.54, 1.807) is 0 Å². The molecule has 2 N–H and O–H groups in total. The van der Waals surface area contributed by atoms with Crippen LogP contribution in [0.1, 0.15) is 24.3 Å². The molecule has 0 aliphatic rings. The van der Waals surface area contributed by atoms with Crippen LogP contribution < -0.4 is 5.73 Å². The van der Waals surface area contributed by atoms with Gasteiger partial charge in [0, 0.05) is 10.3 Å². The fraction of sp³-hybridized carbons (Fsp3) is 0.176. The Hall–Kier alpha value is -1.71. The van der Waals surface area contributed by atoms with E-state index in [4.69, 9.17) is 10.2 Å². The van der Waals surface area contributed by atoms with Gasteiger partial charge in [-0.25, -0.2) is 0 Å². The van der Waals surface area contributed by atoms with E-state index >= 15 is 0 Å². The summed E-state index contributed by atoms with van der Waals surface area (Å²) in [5, 5.41) is 1.09. The van der Waals surface area contributed by atoms with E-state index in [9.17, 15) is 0 Å². The highest BCUT2D eigenvalue weighted by Crippen LogP contribution is 2.28. The fourth-order valence-corrected chi connectivity index (χ4v) is 2.92. The minimum atomic E-state index is -0.219. The zero-order valence-electron chi connectivity index (χ0n) is 11.4. The van der Waals surface area contributed by atoms with Crippen molar-refractivity contribution >= 4 is 22.7 Å². The molecule has 0 radical (unpaired) electrons. The van der Waals surface area contributed by atoms with Crippen LogP contribution >= 0.6 is 11.8 Å². The van der Waals surface area contributed by atoms with Crippen LogP contribution in [0.5, 0.6) is 0 Å². The van der Waals surface area contributed by atoms with Crippen LogP contribution in [0.15, 0.2) is 63.9 Å². The van der Waals surface area contributed by atoms with Crippen LogP contribution in [-0.2, 0) is 0 Å². The van der Waals surface area contributed by atoms with Crippen molar-refractivity contribution in [2.75, 3.05) is 5.75 Å². The second-order valence-electron chi connectivity index (χ2n) is 4.67. The molecule has 1 unspecified atom stereocenters. The van der Waals surface area contributed by atoms with Crippen molar-refractivity contribution in [3.8, 4) is 0 Å². The van der Waals surface area contributed by atoms with E-state index in [-0.39, 0.29) is 6.04 Å². The van der Waals surface area contributed by atoms with E-state index in [1.165, 1.54) is 4.90 Å². The summed E-state index contributed by atoms with van der Waals surface area (Å²) in [5.74, 6) is 1.89. The summed E-state index contributed by atoms with van der Waals surface area (Å²) >= 11 is 1.83. The Balaban J connectivity index is 1.89. The fourth-order valence-electron chi connectivity index (χ4n) is 2.26. The number of hydrogen-bond donors (Lipinski definition) is 1. The van der Waals surface area contributed by atoms with Gasteiger partial charge in [0.2, 0.25) is 0 Å². The highest BCUT2D eigenvalue weighted by Gasteiger charge is 2.14. The third kappa shape index (κ3) is 2.60. The summed E-state index contributed by atoms with van der Waals surface area (Å²) in [6.45, 7) is 2.15. The van der Waals surface area contributed by atoms with Gasteiger partial charge in [0.25, 0.3) is 0 Å². The summed E-state index contributed by atoms with van der Waals surface area (Å²) < 4.78 is 5.83. The molecule has 0 aliphatic carbocycles. The third-order valence-electron chi connectivity index (χ3n) is 3.30. The van der Waals surface area contributed by atoms with Crippen molar-refractivity contribution in [3.05, 3.63) is 65.9 Å². The largest absolute Gasteiger partial charge is 0.459 e. The lowest BCUT2D eigenvalue weighted by molar-refractivity contribution is 0.525. The SMILES string of the molecule is CCSc1ccc(C(N)c2cc3ccccc3o2)cc1. The van der Waals surface area contributed by atoms with Crippen molar-refractivity contribution in [2.24, 2.45) is 5.73 Å². The second kappa shape index (κ2) is 5.73. The summed E-state index contributed by atoms with van der Waals surface area (Å²) in [6.07, 6.45) is 0. The van der Waals surface area contributed by atoms with Gasteiger partial charge >= 0.3 is 0 Å². The molecule has 1 atom stereocenters. The molecule has 1 heterocycles. The molecule has 20 heavy (non-hydrogen) atoms. The monoisotopic (exact) mass is 283 g/mol. The molecular formula is C17H17NOS. The van der Waals surface area contributed by atoms with Crippen molar-refractivity contribution in [2.45, 2.75) is 17.9 Å². The van der Waals surface area contributed by atoms with Crippen LogP contribution in [-0.4, -0.2) is 5.75 Å². The first-order valence-corrected chi connectivity index (χ1v) is 7.73. The maximum Gasteiger partial charge on any atom is 0.134 e. The highest BCUT2D eigenvalue weighted by atomic mass is 32.2. The molecule has 1 aromatic heterocycles. The van der Waals surface area contributed by atoms with Crippen molar-refractivity contribution in [1.29, 1.82) is 0 Å². The summed E-state index contributed by atoms with van der Waals surface area (Å²) in [7, 11) is 0. The summed E-state index contributed by atoms with van der Waals surface area (Å²) in [6, 6.07) is 18.2. The average molecular weight is 283 g/mol. The predicted molar refractivity (Wildman–Crippen MR) is 85.1 cm³/mol. The van der Waals surface area contributed by atoms with Crippen LogP contribution in [0.2, 0.25) is 0 Å². The molecule has 0 saturated carbocycles. The van der Waals surface area contributed by atoms with Crippen molar-refractivity contribution in [3.63, 3.8) is 0 Å². The van der Waals surface area contributed by atoms with Gasteiger partial charge in [-0.1, -0.05) is 37.3 Å². The van der Waals surface area contributed by atoms with Gasteiger partial charge < -0.3 is 10.2 Å². The van der Waals surface area contributed by atoms with Crippen LogP contribution in [0.3, 0.4) is 0 Å². The third-order valence-corrected chi connectivity index (χ3v) is 4.20. The van der Waals surface area contributed by atoms with E-state index in [2.05, 4.69) is 31.2 Å². The standard InChI is InChI=1S/C17H17NOS/c1-2-20-14-9-7-12(8-10-14)17(18)16-11-13-5-3-4-6-15(13)19-16/h3-11,17H,2,18H2,1H3. The minimum absolute atomic E-state index is 0.219. The summed E-state index contributed by atoms with van der Waals surface area (Å²) in [4.78, 5) is 1.27. The quantitative estimate of drug-likeness (QED) is 0.712. The maximum absolute atomic E-state index is 6.30. The van der Waals surface area contributed by atoms with Gasteiger partial charge in [-0.2, -0.15) is 0 Å². The first kappa shape index (κ1) is 13.3. The lowest BCUT2D eigenvalue weighted by Crippen LogP contribution is -2.10. The second-order valence-corrected chi connectivity index (χ2v) is 6.00. The number of rotatable bonds is 4. The Kier molecular flexibility index (Phi) is 3.81. The zero-order chi connectivity index (χ0) is 13.9. The van der Waals surface area contributed by atoms with Gasteiger partial charge in [-0.3, -0.25) is 0 Å². The molecule has 2 nitrogen and oxygen atoms in total. The molecule has 102 valence electrons. The van der Waals surface area contributed by atoms with Gasteiger partial charge in [-0.15, -0.1) is 11.8 Å². The molecule has 3 heteroatoms. The van der Waals surface area contributed by atoms with E-state index in [0.29, 0.717) is 0 Å². The summed E-state index contributed by atoms with van der Waals surface area (Å²) in [5.41, 5.74) is 8.26. The molecule has 0 amide bonds. The van der Waals surface area contributed by atoms with Gasteiger partial charge in [0.05, 0.1) is 6.04 Å². The molecule has 2 aromatic carbocycles. The number of furan rings is 1. The molecule has 0 aliphatic heterocycles. The van der Waals surface area contributed by atoms with Crippen molar-refractivity contribution in [1.82, 2.24) is 0 Å². The number of benzene rings is 2.